The van der Waals surface area contributed by atoms with Crippen molar-refractivity contribution in [1.82, 2.24) is 0 Å². The largest absolute Gasteiger partial charge is 0.497 e. The normalized spacial score (nSPS) is 11.9. The minimum atomic E-state index is -0.0887. The molecule has 0 amide bonds. The van der Waals surface area contributed by atoms with Gasteiger partial charge in [0.25, 0.3) is 0 Å². The molecular weight excluding hydrogens is 288 g/mol. The molecule has 2 heteroatoms. The third-order valence-electron chi connectivity index (χ3n) is 3.53. The highest BCUT2D eigenvalue weighted by Gasteiger charge is 2.28. The van der Waals surface area contributed by atoms with Crippen molar-refractivity contribution < 1.29 is 4.74 Å². The fourth-order valence-corrected chi connectivity index (χ4v) is 4.41. The van der Waals surface area contributed by atoms with Crippen molar-refractivity contribution in [3.8, 4) is 5.75 Å². The van der Waals surface area contributed by atoms with Crippen molar-refractivity contribution in [2.24, 2.45) is 0 Å². The van der Waals surface area contributed by atoms with Gasteiger partial charge in [-0.3, -0.25) is 0 Å². The Bertz CT molecular complexity index is 718. The summed E-state index contributed by atoms with van der Waals surface area (Å²) in [5.74, 6) is 0.893. The van der Waals surface area contributed by atoms with Crippen LogP contribution in [0.25, 0.3) is 0 Å². The number of ether oxygens (including phenoxy) is 1. The van der Waals surface area contributed by atoms with Gasteiger partial charge in [-0.2, -0.15) is 0 Å². The summed E-state index contributed by atoms with van der Waals surface area (Å²) >= 11 is 0. The van der Waals surface area contributed by atoms with Crippen molar-refractivity contribution in [2.45, 2.75) is 21.6 Å². The Morgan fingerprint density at radius 2 is 1.14 bits per heavy atom. The molecule has 0 aliphatic heterocycles. The lowest BCUT2D eigenvalue weighted by molar-refractivity contribution is 0.414. The first kappa shape index (κ1) is 14.7. The molecule has 0 saturated carbocycles. The first-order chi connectivity index (χ1) is 10.8. The van der Waals surface area contributed by atoms with Crippen LogP contribution in [0.15, 0.2) is 93.5 Å². The third-order valence-corrected chi connectivity index (χ3v) is 5.76. The summed E-state index contributed by atoms with van der Waals surface area (Å²) in [6.45, 7) is 2.12. The van der Waals surface area contributed by atoms with E-state index in [1.54, 1.807) is 7.11 Å². The molecule has 0 aromatic heterocycles. The van der Waals surface area contributed by atoms with E-state index >= 15 is 0 Å². The molecule has 1 atom stereocenters. The van der Waals surface area contributed by atoms with Crippen LogP contribution in [0.3, 0.4) is 0 Å². The van der Waals surface area contributed by atoms with Gasteiger partial charge in [0.1, 0.15) is 5.75 Å². The lowest BCUT2D eigenvalue weighted by Crippen LogP contribution is -2.04. The van der Waals surface area contributed by atoms with Crippen LogP contribution >= 0.6 is 0 Å². The number of benzene rings is 3. The molecule has 0 N–H and O–H groups in total. The Morgan fingerprint density at radius 1 is 0.636 bits per heavy atom. The van der Waals surface area contributed by atoms with Gasteiger partial charge in [0, 0.05) is 0 Å². The lowest BCUT2D eigenvalue weighted by atomic mass is 10.2. The molecule has 3 rings (SSSR count). The van der Waals surface area contributed by atoms with E-state index in [1.807, 2.05) is 12.1 Å². The van der Waals surface area contributed by atoms with E-state index in [1.165, 1.54) is 20.2 Å². The molecule has 0 heterocycles. The summed E-state index contributed by atoms with van der Waals surface area (Å²) in [5.41, 5.74) is 1.29. The number of hydrogen-bond acceptors (Lipinski definition) is 1. The van der Waals surface area contributed by atoms with E-state index in [0.29, 0.717) is 0 Å². The molecule has 3 aromatic carbocycles. The summed E-state index contributed by atoms with van der Waals surface area (Å²) in [4.78, 5) is 3.97. The highest BCUT2D eigenvalue weighted by atomic mass is 32.2. The van der Waals surface area contributed by atoms with Crippen LogP contribution < -0.4 is 4.74 Å². The van der Waals surface area contributed by atoms with E-state index < -0.39 is 0 Å². The zero-order valence-corrected chi connectivity index (χ0v) is 13.6. The third kappa shape index (κ3) is 3.18. The quantitative estimate of drug-likeness (QED) is 0.609. The van der Waals surface area contributed by atoms with Crippen molar-refractivity contribution in [2.75, 3.05) is 7.11 Å². The molecule has 22 heavy (non-hydrogen) atoms. The minimum Gasteiger partial charge on any atom is -0.497 e. The molecule has 0 aliphatic rings. The van der Waals surface area contributed by atoms with Crippen molar-refractivity contribution in [3.05, 3.63) is 84.4 Å². The van der Waals surface area contributed by atoms with E-state index in [9.17, 15) is 0 Å². The van der Waals surface area contributed by atoms with Gasteiger partial charge in [0.05, 0.1) is 18.0 Å². The van der Waals surface area contributed by atoms with Crippen LogP contribution in [0, 0.1) is 6.92 Å². The molecule has 0 fully saturated rings. The molecule has 0 radical (unpaired) electrons. The second-order valence-corrected chi connectivity index (χ2v) is 7.13. The number of methoxy groups -OCH3 is 1. The first-order valence-electron chi connectivity index (χ1n) is 7.28. The summed E-state index contributed by atoms with van der Waals surface area (Å²) in [5, 5.41) is 0. The SMILES string of the molecule is COc1ccc([S+](c2ccccc2)c2ccc(C)cc2)cc1. The van der Waals surface area contributed by atoms with Gasteiger partial charge in [-0.25, -0.2) is 0 Å². The summed E-state index contributed by atoms with van der Waals surface area (Å²) in [6.07, 6.45) is 0. The Hall–Kier alpha value is -2.19. The van der Waals surface area contributed by atoms with Gasteiger partial charge in [-0.15, -0.1) is 0 Å². The molecule has 0 spiro atoms. The predicted octanol–water partition coefficient (Wildman–Crippen LogP) is 5.10. The highest BCUT2D eigenvalue weighted by molar-refractivity contribution is 7.97. The fraction of sp³-hybridized carbons (Fsp3) is 0.100. The molecular formula is C20H19OS+. The highest BCUT2D eigenvalue weighted by Crippen LogP contribution is 2.32. The van der Waals surface area contributed by atoms with Crippen molar-refractivity contribution in [1.29, 1.82) is 0 Å². The van der Waals surface area contributed by atoms with Gasteiger partial charge in [-0.05, 0) is 55.5 Å². The number of rotatable bonds is 4. The van der Waals surface area contributed by atoms with E-state index in [0.717, 1.165) is 5.75 Å². The van der Waals surface area contributed by atoms with Crippen LogP contribution in [0.1, 0.15) is 5.56 Å². The molecule has 0 saturated heterocycles. The fourth-order valence-electron chi connectivity index (χ4n) is 2.35. The summed E-state index contributed by atoms with van der Waals surface area (Å²) in [7, 11) is 1.61. The maximum Gasteiger partial charge on any atom is 0.166 e. The van der Waals surface area contributed by atoms with Crippen LogP contribution in [0.5, 0.6) is 5.75 Å². The molecule has 0 bridgehead atoms. The zero-order valence-electron chi connectivity index (χ0n) is 12.8. The summed E-state index contributed by atoms with van der Waals surface area (Å²) < 4.78 is 5.28. The van der Waals surface area contributed by atoms with Gasteiger partial charge >= 0.3 is 0 Å². The Kier molecular flexibility index (Phi) is 4.50. The van der Waals surface area contributed by atoms with E-state index in [2.05, 4.69) is 73.7 Å². The Morgan fingerprint density at radius 3 is 1.68 bits per heavy atom. The molecule has 1 nitrogen and oxygen atoms in total. The van der Waals surface area contributed by atoms with Crippen molar-refractivity contribution in [3.63, 3.8) is 0 Å². The Labute approximate surface area is 134 Å². The minimum absolute atomic E-state index is 0.0887. The maximum atomic E-state index is 5.28. The van der Waals surface area contributed by atoms with Gasteiger partial charge in [0.2, 0.25) is 0 Å². The molecule has 0 aliphatic carbocycles. The van der Waals surface area contributed by atoms with Gasteiger partial charge < -0.3 is 4.74 Å². The average molecular weight is 307 g/mol. The lowest BCUT2D eigenvalue weighted by Gasteiger charge is -2.08. The first-order valence-corrected chi connectivity index (χ1v) is 8.50. The van der Waals surface area contributed by atoms with E-state index in [-0.39, 0.29) is 10.9 Å². The second-order valence-electron chi connectivity index (χ2n) is 5.11. The monoisotopic (exact) mass is 307 g/mol. The van der Waals surface area contributed by atoms with E-state index in [4.69, 9.17) is 4.74 Å². The Balaban J connectivity index is 2.07. The molecule has 1 unspecified atom stereocenters. The number of aryl methyl sites for hydroxylation is 1. The number of hydrogen-bond donors (Lipinski definition) is 0. The average Bonchev–Trinajstić information content (AvgIpc) is 2.58. The molecule has 110 valence electrons. The van der Waals surface area contributed by atoms with Gasteiger partial charge in [-0.1, -0.05) is 35.9 Å². The predicted molar refractivity (Wildman–Crippen MR) is 92.8 cm³/mol. The van der Waals surface area contributed by atoms with Crippen LogP contribution in [-0.2, 0) is 10.9 Å². The zero-order chi connectivity index (χ0) is 15.4. The van der Waals surface area contributed by atoms with Gasteiger partial charge in [0.15, 0.2) is 14.7 Å². The smallest absolute Gasteiger partial charge is 0.166 e. The maximum absolute atomic E-state index is 5.28. The van der Waals surface area contributed by atoms with Crippen LogP contribution in [-0.4, -0.2) is 7.11 Å². The standard InChI is InChI=1S/C20H19OS/c1-16-8-12-19(13-9-16)22(18-6-4-3-5-7-18)20-14-10-17(21-2)11-15-20/h3-15H,1-2H3/q+1. The molecule has 3 aromatic rings. The summed E-state index contributed by atoms with van der Waals surface area (Å²) in [6, 6.07) is 27.9. The van der Waals surface area contributed by atoms with Crippen molar-refractivity contribution >= 4 is 10.9 Å². The van der Waals surface area contributed by atoms with Crippen LogP contribution in [0.2, 0.25) is 0 Å². The topological polar surface area (TPSA) is 9.23 Å². The second kappa shape index (κ2) is 6.71. The van der Waals surface area contributed by atoms with Crippen LogP contribution in [0.4, 0.5) is 0 Å².